The Bertz CT molecular complexity index is 239. The summed E-state index contributed by atoms with van der Waals surface area (Å²) in [5.74, 6) is 0. The summed E-state index contributed by atoms with van der Waals surface area (Å²) in [5.41, 5.74) is 0.171. The Labute approximate surface area is 118 Å². The number of hydrogen-bond acceptors (Lipinski definition) is 4. The van der Waals surface area contributed by atoms with Gasteiger partial charge in [-0.25, -0.2) is 0 Å². The molecule has 0 aromatic heterocycles. The minimum Gasteiger partial charge on any atom is -0.379 e. The molecule has 0 aliphatic carbocycles. The summed E-state index contributed by atoms with van der Waals surface area (Å²) < 4.78 is 11.7. The van der Waals surface area contributed by atoms with E-state index in [4.69, 9.17) is 9.47 Å². The summed E-state index contributed by atoms with van der Waals surface area (Å²) >= 11 is 0. The number of nitrogens with zero attached hydrogens (tertiary/aromatic N) is 1. The molecule has 0 spiro atoms. The van der Waals surface area contributed by atoms with E-state index in [1.54, 1.807) is 0 Å². The molecule has 2 unspecified atom stereocenters. The molecule has 0 aromatic carbocycles. The lowest BCUT2D eigenvalue weighted by molar-refractivity contribution is -0.0167. The third-order valence-electron chi connectivity index (χ3n) is 3.25. The Balaban J connectivity index is 2.02. The maximum atomic E-state index is 5.99. The Morgan fingerprint density at radius 2 is 1.89 bits per heavy atom. The van der Waals surface area contributed by atoms with Gasteiger partial charge in [0, 0.05) is 18.7 Å². The SMILES string of the molecule is CN(C)CCCOCC1CCC(CNC(C)(C)C)O1. The first-order valence-corrected chi connectivity index (χ1v) is 7.50. The van der Waals surface area contributed by atoms with Crippen LogP contribution in [0.1, 0.15) is 40.0 Å². The van der Waals surface area contributed by atoms with Crippen molar-refractivity contribution in [3.63, 3.8) is 0 Å². The Hall–Kier alpha value is -0.160. The molecule has 1 fully saturated rings. The molecule has 1 heterocycles. The van der Waals surface area contributed by atoms with Crippen molar-refractivity contribution in [3.8, 4) is 0 Å². The third kappa shape index (κ3) is 8.58. The van der Waals surface area contributed by atoms with Crippen molar-refractivity contribution in [1.82, 2.24) is 10.2 Å². The average Bonchev–Trinajstić information content (AvgIpc) is 2.72. The molecule has 19 heavy (non-hydrogen) atoms. The lowest BCUT2D eigenvalue weighted by Gasteiger charge is -2.23. The van der Waals surface area contributed by atoms with Gasteiger partial charge < -0.3 is 19.7 Å². The van der Waals surface area contributed by atoms with Crippen molar-refractivity contribution < 1.29 is 9.47 Å². The first-order valence-electron chi connectivity index (χ1n) is 7.50. The minimum atomic E-state index is 0.171. The van der Waals surface area contributed by atoms with Crippen LogP contribution in [0.2, 0.25) is 0 Å². The molecular weight excluding hydrogens is 240 g/mol. The highest BCUT2D eigenvalue weighted by Crippen LogP contribution is 2.20. The van der Waals surface area contributed by atoms with Crippen LogP contribution in [-0.4, -0.2) is 63.0 Å². The van der Waals surface area contributed by atoms with E-state index in [0.717, 1.165) is 45.6 Å². The molecule has 1 saturated heterocycles. The van der Waals surface area contributed by atoms with Crippen molar-refractivity contribution in [1.29, 1.82) is 0 Å². The molecule has 0 aromatic rings. The first-order chi connectivity index (χ1) is 8.87. The third-order valence-corrected chi connectivity index (χ3v) is 3.25. The van der Waals surface area contributed by atoms with Crippen molar-refractivity contribution in [2.24, 2.45) is 0 Å². The predicted molar refractivity (Wildman–Crippen MR) is 79.6 cm³/mol. The van der Waals surface area contributed by atoms with Crippen LogP contribution in [0.15, 0.2) is 0 Å². The quantitative estimate of drug-likeness (QED) is 0.684. The molecular formula is C15H32N2O2. The second-order valence-electron chi connectivity index (χ2n) is 6.82. The molecule has 114 valence electrons. The van der Waals surface area contributed by atoms with Gasteiger partial charge in [0.25, 0.3) is 0 Å². The molecule has 0 saturated carbocycles. The van der Waals surface area contributed by atoms with Gasteiger partial charge in [-0.2, -0.15) is 0 Å². The fraction of sp³-hybridized carbons (Fsp3) is 1.00. The molecule has 1 aliphatic heterocycles. The number of nitrogens with one attached hydrogen (secondary N) is 1. The van der Waals surface area contributed by atoms with Crippen molar-refractivity contribution in [2.45, 2.75) is 57.8 Å². The van der Waals surface area contributed by atoms with E-state index in [2.05, 4.69) is 45.1 Å². The van der Waals surface area contributed by atoms with Gasteiger partial charge in [-0.1, -0.05) is 0 Å². The molecule has 1 N–H and O–H groups in total. The predicted octanol–water partition coefficient (Wildman–Crippen LogP) is 1.89. The molecule has 2 atom stereocenters. The van der Waals surface area contributed by atoms with E-state index in [-0.39, 0.29) is 5.54 Å². The van der Waals surface area contributed by atoms with Crippen LogP contribution < -0.4 is 5.32 Å². The largest absolute Gasteiger partial charge is 0.379 e. The molecule has 0 radical (unpaired) electrons. The van der Waals surface area contributed by atoms with Crippen molar-refractivity contribution in [3.05, 3.63) is 0 Å². The van der Waals surface area contributed by atoms with Gasteiger partial charge in [-0.3, -0.25) is 0 Å². The molecule has 0 bridgehead atoms. The van der Waals surface area contributed by atoms with Crippen LogP contribution in [0.25, 0.3) is 0 Å². The van der Waals surface area contributed by atoms with Gasteiger partial charge in [0.1, 0.15) is 0 Å². The van der Waals surface area contributed by atoms with E-state index < -0.39 is 0 Å². The van der Waals surface area contributed by atoms with Crippen molar-refractivity contribution >= 4 is 0 Å². The summed E-state index contributed by atoms with van der Waals surface area (Å²) in [6, 6.07) is 0. The van der Waals surface area contributed by atoms with E-state index in [0.29, 0.717) is 12.2 Å². The maximum absolute atomic E-state index is 5.99. The highest BCUT2D eigenvalue weighted by atomic mass is 16.5. The van der Waals surface area contributed by atoms with Gasteiger partial charge in [0.2, 0.25) is 0 Å². The van der Waals surface area contributed by atoms with Crippen LogP contribution in [-0.2, 0) is 9.47 Å². The lowest BCUT2D eigenvalue weighted by atomic mass is 10.1. The highest BCUT2D eigenvalue weighted by Gasteiger charge is 2.26. The summed E-state index contributed by atoms with van der Waals surface area (Å²) in [4.78, 5) is 2.18. The molecule has 4 heteroatoms. The smallest absolute Gasteiger partial charge is 0.0813 e. The number of rotatable bonds is 8. The molecule has 0 amide bonds. The van der Waals surface area contributed by atoms with Crippen LogP contribution in [0.3, 0.4) is 0 Å². The second kappa shape index (κ2) is 8.20. The normalized spacial score (nSPS) is 24.3. The minimum absolute atomic E-state index is 0.171. The van der Waals surface area contributed by atoms with Crippen LogP contribution in [0.4, 0.5) is 0 Å². The zero-order valence-corrected chi connectivity index (χ0v) is 13.4. The van der Waals surface area contributed by atoms with Crippen LogP contribution in [0.5, 0.6) is 0 Å². The Kier molecular flexibility index (Phi) is 7.29. The fourth-order valence-electron chi connectivity index (χ4n) is 2.17. The van der Waals surface area contributed by atoms with Gasteiger partial charge in [-0.05, 0) is 60.7 Å². The van der Waals surface area contributed by atoms with Gasteiger partial charge >= 0.3 is 0 Å². The topological polar surface area (TPSA) is 33.7 Å². The van der Waals surface area contributed by atoms with Gasteiger partial charge in [-0.15, -0.1) is 0 Å². The standard InChI is InChI=1S/C15H32N2O2/c1-15(2,3)16-11-13-7-8-14(19-13)12-18-10-6-9-17(4)5/h13-14,16H,6-12H2,1-5H3. The van der Waals surface area contributed by atoms with E-state index >= 15 is 0 Å². The Morgan fingerprint density at radius 3 is 2.53 bits per heavy atom. The molecule has 4 nitrogen and oxygen atoms in total. The monoisotopic (exact) mass is 272 g/mol. The van der Waals surface area contributed by atoms with Crippen LogP contribution >= 0.6 is 0 Å². The van der Waals surface area contributed by atoms with Gasteiger partial charge in [0.15, 0.2) is 0 Å². The van der Waals surface area contributed by atoms with Crippen molar-refractivity contribution in [2.75, 3.05) is 40.4 Å². The second-order valence-corrected chi connectivity index (χ2v) is 6.82. The maximum Gasteiger partial charge on any atom is 0.0813 e. The first kappa shape index (κ1) is 16.9. The van der Waals surface area contributed by atoms with E-state index in [9.17, 15) is 0 Å². The van der Waals surface area contributed by atoms with Crippen LogP contribution in [0, 0.1) is 0 Å². The average molecular weight is 272 g/mol. The zero-order valence-electron chi connectivity index (χ0n) is 13.4. The summed E-state index contributed by atoms with van der Waals surface area (Å²) in [5, 5.41) is 3.50. The Morgan fingerprint density at radius 1 is 1.21 bits per heavy atom. The lowest BCUT2D eigenvalue weighted by Crippen LogP contribution is -2.41. The van der Waals surface area contributed by atoms with Gasteiger partial charge in [0.05, 0.1) is 18.8 Å². The summed E-state index contributed by atoms with van der Waals surface area (Å²) in [6.45, 7) is 10.2. The molecule has 1 rings (SSSR count). The van der Waals surface area contributed by atoms with E-state index in [1.165, 1.54) is 0 Å². The molecule has 1 aliphatic rings. The number of hydrogen-bond donors (Lipinski definition) is 1. The summed E-state index contributed by atoms with van der Waals surface area (Å²) in [7, 11) is 4.18. The fourth-order valence-corrected chi connectivity index (χ4v) is 2.17. The highest BCUT2D eigenvalue weighted by molar-refractivity contribution is 4.79. The zero-order chi connectivity index (χ0) is 14.3. The summed E-state index contributed by atoms with van der Waals surface area (Å²) in [6.07, 6.45) is 4.02. The number of ether oxygens (including phenoxy) is 2. The van der Waals surface area contributed by atoms with E-state index in [1.807, 2.05) is 0 Å².